The lowest BCUT2D eigenvalue weighted by atomic mass is 10.2. The van der Waals surface area contributed by atoms with E-state index in [0.717, 1.165) is 5.56 Å². The Balaban J connectivity index is 2.04. The number of ether oxygens (including phenoxy) is 1. The van der Waals surface area contributed by atoms with Crippen molar-refractivity contribution in [1.29, 1.82) is 0 Å². The molecule has 2 N–H and O–H groups in total. The van der Waals surface area contributed by atoms with Gasteiger partial charge in [-0.3, -0.25) is 0 Å². The molecule has 5 nitrogen and oxygen atoms in total. The third-order valence-corrected chi connectivity index (χ3v) is 2.23. The summed E-state index contributed by atoms with van der Waals surface area (Å²) < 4.78 is 5.62. The number of rotatable bonds is 2. The monoisotopic (exact) mass is 233 g/mol. The second-order valence-electron chi connectivity index (χ2n) is 3.43. The van der Waals surface area contributed by atoms with Gasteiger partial charge in [-0.05, 0) is 5.56 Å². The van der Waals surface area contributed by atoms with Crippen LogP contribution in [0.4, 0.5) is 4.79 Å². The standard InChI is InChI=1S/C12H11NO4/c14-10-6-7-11(15)13(10)12(16)17-8-9-4-2-1-3-5-9/h1-7,14-15H,8H2. The molecule has 5 heteroatoms. The fraction of sp³-hybridized carbons (Fsp3) is 0.0833. The van der Waals surface area contributed by atoms with E-state index in [1.807, 2.05) is 30.3 Å². The van der Waals surface area contributed by atoms with Crippen molar-refractivity contribution in [3.8, 4) is 11.8 Å². The van der Waals surface area contributed by atoms with Gasteiger partial charge in [-0.25, -0.2) is 4.79 Å². The molecule has 1 aromatic carbocycles. The van der Waals surface area contributed by atoms with Gasteiger partial charge in [0.15, 0.2) is 0 Å². The Hall–Kier alpha value is -2.43. The van der Waals surface area contributed by atoms with Crippen LogP contribution in [0.3, 0.4) is 0 Å². The van der Waals surface area contributed by atoms with Gasteiger partial charge in [0, 0.05) is 12.1 Å². The number of aromatic nitrogens is 1. The van der Waals surface area contributed by atoms with Crippen LogP contribution in [0.5, 0.6) is 11.8 Å². The average Bonchev–Trinajstić information content (AvgIpc) is 2.67. The molecular formula is C12H11NO4. The maximum Gasteiger partial charge on any atom is 0.424 e. The van der Waals surface area contributed by atoms with E-state index in [1.165, 1.54) is 12.1 Å². The van der Waals surface area contributed by atoms with Crippen molar-refractivity contribution in [2.45, 2.75) is 6.61 Å². The van der Waals surface area contributed by atoms with Crippen molar-refractivity contribution >= 4 is 6.09 Å². The molecule has 17 heavy (non-hydrogen) atoms. The summed E-state index contributed by atoms with van der Waals surface area (Å²) in [6, 6.07) is 11.5. The fourth-order valence-corrected chi connectivity index (χ4v) is 1.39. The molecule has 0 atom stereocenters. The first-order valence-corrected chi connectivity index (χ1v) is 4.99. The van der Waals surface area contributed by atoms with Gasteiger partial charge in [0.25, 0.3) is 0 Å². The highest BCUT2D eigenvalue weighted by molar-refractivity contribution is 5.74. The fourth-order valence-electron chi connectivity index (χ4n) is 1.39. The Morgan fingerprint density at radius 1 is 1.06 bits per heavy atom. The largest absolute Gasteiger partial charge is 0.494 e. The normalized spacial score (nSPS) is 10.1. The van der Waals surface area contributed by atoms with Gasteiger partial charge in [-0.15, -0.1) is 0 Å². The molecule has 0 fully saturated rings. The van der Waals surface area contributed by atoms with E-state index in [0.29, 0.717) is 4.57 Å². The van der Waals surface area contributed by atoms with Crippen molar-refractivity contribution in [3.05, 3.63) is 48.0 Å². The third kappa shape index (κ3) is 2.39. The van der Waals surface area contributed by atoms with Crippen molar-refractivity contribution in [3.63, 3.8) is 0 Å². The van der Waals surface area contributed by atoms with Gasteiger partial charge < -0.3 is 14.9 Å². The van der Waals surface area contributed by atoms with Crippen LogP contribution in [0, 0.1) is 0 Å². The topological polar surface area (TPSA) is 71.7 Å². The zero-order chi connectivity index (χ0) is 12.3. The summed E-state index contributed by atoms with van der Waals surface area (Å²) >= 11 is 0. The lowest BCUT2D eigenvalue weighted by Crippen LogP contribution is -2.12. The minimum absolute atomic E-state index is 0.0801. The predicted molar refractivity (Wildman–Crippen MR) is 59.8 cm³/mol. The van der Waals surface area contributed by atoms with Crippen LogP contribution in [0.15, 0.2) is 42.5 Å². The van der Waals surface area contributed by atoms with Crippen LogP contribution in [0.1, 0.15) is 5.56 Å². The molecule has 0 spiro atoms. The minimum atomic E-state index is -0.825. The van der Waals surface area contributed by atoms with Gasteiger partial charge in [0.2, 0.25) is 11.8 Å². The number of benzene rings is 1. The summed E-state index contributed by atoms with van der Waals surface area (Å²) in [5.41, 5.74) is 0.826. The summed E-state index contributed by atoms with van der Waals surface area (Å²) in [4.78, 5) is 11.5. The first-order chi connectivity index (χ1) is 8.18. The molecule has 0 aliphatic heterocycles. The maximum absolute atomic E-state index is 11.5. The molecule has 0 radical (unpaired) electrons. The van der Waals surface area contributed by atoms with E-state index < -0.39 is 6.09 Å². The number of hydrogen-bond donors (Lipinski definition) is 2. The van der Waals surface area contributed by atoms with Crippen LogP contribution in [-0.4, -0.2) is 20.9 Å². The molecular weight excluding hydrogens is 222 g/mol. The highest BCUT2D eigenvalue weighted by Gasteiger charge is 2.15. The van der Waals surface area contributed by atoms with E-state index in [-0.39, 0.29) is 18.4 Å². The van der Waals surface area contributed by atoms with Crippen LogP contribution < -0.4 is 0 Å². The lowest BCUT2D eigenvalue weighted by molar-refractivity contribution is 0.136. The van der Waals surface area contributed by atoms with Crippen molar-refractivity contribution in [2.75, 3.05) is 0 Å². The molecule has 2 aromatic rings. The Morgan fingerprint density at radius 3 is 2.24 bits per heavy atom. The summed E-state index contributed by atoms with van der Waals surface area (Å²) in [6.45, 7) is 0.0801. The third-order valence-electron chi connectivity index (χ3n) is 2.23. The molecule has 1 aromatic heterocycles. The number of carbonyl (C=O) groups is 1. The summed E-state index contributed by atoms with van der Waals surface area (Å²) in [5, 5.41) is 18.6. The van der Waals surface area contributed by atoms with Crippen molar-refractivity contribution in [1.82, 2.24) is 4.57 Å². The molecule has 0 saturated carbocycles. The zero-order valence-corrected chi connectivity index (χ0v) is 8.91. The van der Waals surface area contributed by atoms with Gasteiger partial charge >= 0.3 is 6.09 Å². The number of nitrogens with zero attached hydrogens (tertiary/aromatic N) is 1. The maximum atomic E-state index is 11.5. The molecule has 0 aliphatic rings. The predicted octanol–water partition coefficient (Wildman–Crippen LogP) is 2.08. The van der Waals surface area contributed by atoms with E-state index >= 15 is 0 Å². The van der Waals surface area contributed by atoms with Gasteiger partial charge in [0.05, 0.1) is 0 Å². The van der Waals surface area contributed by atoms with Crippen LogP contribution >= 0.6 is 0 Å². The Morgan fingerprint density at radius 2 is 1.65 bits per heavy atom. The average molecular weight is 233 g/mol. The number of carbonyl (C=O) groups excluding carboxylic acids is 1. The molecule has 0 amide bonds. The summed E-state index contributed by atoms with van der Waals surface area (Å²) in [5.74, 6) is -0.721. The van der Waals surface area contributed by atoms with Gasteiger partial charge in [-0.2, -0.15) is 4.57 Å². The molecule has 0 aliphatic carbocycles. The Kier molecular flexibility index (Phi) is 3.00. The van der Waals surface area contributed by atoms with E-state index in [2.05, 4.69) is 0 Å². The Labute approximate surface area is 97.5 Å². The van der Waals surface area contributed by atoms with E-state index in [1.54, 1.807) is 0 Å². The minimum Gasteiger partial charge on any atom is -0.494 e. The second-order valence-corrected chi connectivity index (χ2v) is 3.43. The van der Waals surface area contributed by atoms with Gasteiger partial charge in [0.1, 0.15) is 6.61 Å². The quantitative estimate of drug-likeness (QED) is 0.833. The van der Waals surface area contributed by atoms with Gasteiger partial charge in [-0.1, -0.05) is 30.3 Å². The molecule has 2 rings (SSSR count). The van der Waals surface area contributed by atoms with Crippen LogP contribution in [0.2, 0.25) is 0 Å². The molecule has 88 valence electrons. The van der Waals surface area contributed by atoms with Crippen molar-refractivity contribution < 1.29 is 19.7 Å². The molecule has 0 saturated heterocycles. The van der Waals surface area contributed by atoms with E-state index in [4.69, 9.17) is 4.74 Å². The smallest absolute Gasteiger partial charge is 0.424 e. The highest BCUT2D eigenvalue weighted by Crippen LogP contribution is 2.21. The SMILES string of the molecule is O=C(OCc1ccccc1)n1c(O)ccc1O. The van der Waals surface area contributed by atoms with E-state index in [9.17, 15) is 15.0 Å². The van der Waals surface area contributed by atoms with Crippen LogP contribution in [-0.2, 0) is 11.3 Å². The highest BCUT2D eigenvalue weighted by atomic mass is 16.6. The number of aromatic hydroxyl groups is 2. The molecule has 1 heterocycles. The summed E-state index contributed by atoms with van der Waals surface area (Å²) in [7, 11) is 0. The van der Waals surface area contributed by atoms with Crippen LogP contribution in [0.25, 0.3) is 0 Å². The zero-order valence-electron chi connectivity index (χ0n) is 8.91. The Bertz CT molecular complexity index is 499. The molecule has 0 unspecified atom stereocenters. The second kappa shape index (κ2) is 4.61. The lowest BCUT2D eigenvalue weighted by Gasteiger charge is -2.07. The van der Waals surface area contributed by atoms with Crippen molar-refractivity contribution in [2.24, 2.45) is 0 Å². The summed E-state index contributed by atoms with van der Waals surface area (Å²) in [6.07, 6.45) is -0.825. The molecule has 0 bridgehead atoms. The first kappa shape index (κ1) is 11.1. The number of hydrogen-bond acceptors (Lipinski definition) is 4. The first-order valence-electron chi connectivity index (χ1n) is 4.99.